The molecular weight excluding hydrogens is 219 g/mol. The molecule has 6 heteroatoms. The lowest BCUT2D eigenvalue weighted by molar-refractivity contribution is -0.150. The highest BCUT2D eigenvalue weighted by Crippen LogP contribution is 2.30. The summed E-state index contributed by atoms with van der Waals surface area (Å²) in [5.74, 6) is 0. The number of hydrogen-bond acceptors (Lipinski definition) is 2. The number of pyridine rings is 1. The van der Waals surface area contributed by atoms with Crippen LogP contribution in [0.3, 0.4) is 0 Å². The molecule has 0 radical (unpaired) electrons. The molecule has 0 aliphatic rings. The van der Waals surface area contributed by atoms with Gasteiger partial charge < -0.3 is 10.1 Å². The van der Waals surface area contributed by atoms with Gasteiger partial charge in [-0.25, -0.2) is 4.98 Å². The highest BCUT2D eigenvalue weighted by molar-refractivity contribution is 5.48. The van der Waals surface area contributed by atoms with Crippen molar-refractivity contribution in [2.75, 3.05) is 0 Å². The van der Waals surface area contributed by atoms with Gasteiger partial charge in [0.05, 0.1) is 11.9 Å². The van der Waals surface area contributed by atoms with Gasteiger partial charge in [-0.3, -0.25) is 0 Å². The Hall–Kier alpha value is -1.56. The summed E-state index contributed by atoms with van der Waals surface area (Å²) in [7, 11) is 0. The van der Waals surface area contributed by atoms with Gasteiger partial charge in [-0.1, -0.05) is 6.07 Å². The van der Waals surface area contributed by atoms with Crippen molar-refractivity contribution in [3.63, 3.8) is 0 Å². The number of nitrogens with two attached hydrogens (primary N) is 1. The van der Waals surface area contributed by atoms with E-state index < -0.39 is 12.2 Å². The van der Waals surface area contributed by atoms with Crippen molar-refractivity contribution >= 4 is 5.65 Å². The summed E-state index contributed by atoms with van der Waals surface area (Å²) in [6.07, 6.45) is -1.77. The summed E-state index contributed by atoms with van der Waals surface area (Å²) in [6.45, 7) is 1.78. The molecule has 0 saturated heterocycles. The fourth-order valence-electron chi connectivity index (χ4n) is 1.57. The van der Waals surface area contributed by atoms with Crippen LogP contribution in [0.4, 0.5) is 13.2 Å². The maximum Gasteiger partial charge on any atom is 0.409 e. The molecule has 2 heterocycles. The van der Waals surface area contributed by atoms with Crippen LogP contribution in [0.2, 0.25) is 0 Å². The van der Waals surface area contributed by atoms with Gasteiger partial charge in [0.25, 0.3) is 0 Å². The fraction of sp³-hybridized carbons (Fsp3) is 0.300. The first kappa shape index (κ1) is 10.9. The second-order valence-electron chi connectivity index (χ2n) is 3.59. The van der Waals surface area contributed by atoms with Crippen molar-refractivity contribution in [3.8, 4) is 0 Å². The van der Waals surface area contributed by atoms with Crippen LogP contribution < -0.4 is 5.73 Å². The molecule has 0 fully saturated rings. The SMILES string of the molecule is Cc1cccn2c([C@H](N)C(F)(F)F)cnc12. The van der Waals surface area contributed by atoms with E-state index in [9.17, 15) is 13.2 Å². The van der Waals surface area contributed by atoms with Crippen LogP contribution in [-0.2, 0) is 0 Å². The Labute approximate surface area is 89.7 Å². The Morgan fingerprint density at radius 1 is 1.44 bits per heavy atom. The number of halogens is 3. The molecule has 1 atom stereocenters. The van der Waals surface area contributed by atoms with E-state index in [-0.39, 0.29) is 5.69 Å². The first-order chi connectivity index (χ1) is 7.41. The molecule has 0 aliphatic heterocycles. The van der Waals surface area contributed by atoms with E-state index in [0.29, 0.717) is 5.65 Å². The van der Waals surface area contributed by atoms with Crippen molar-refractivity contribution < 1.29 is 13.2 Å². The van der Waals surface area contributed by atoms with Gasteiger partial charge in [-0.2, -0.15) is 13.2 Å². The van der Waals surface area contributed by atoms with Crippen molar-refractivity contribution in [1.29, 1.82) is 0 Å². The lowest BCUT2D eigenvalue weighted by Gasteiger charge is -2.15. The second-order valence-corrected chi connectivity index (χ2v) is 3.59. The van der Waals surface area contributed by atoms with E-state index in [1.54, 1.807) is 19.1 Å². The molecule has 2 aromatic rings. The van der Waals surface area contributed by atoms with Crippen LogP contribution in [0, 0.1) is 6.92 Å². The van der Waals surface area contributed by atoms with E-state index in [1.807, 2.05) is 0 Å². The Kier molecular flexibility index (Phi) is 2.38. The average molecular weight is 229 g/mol. The first-order valence-electron chi connectivity index (χ1n) is 4.66. The van der Waals surface area contributed by atoms with E-state index >= 15 is 0 Å². The molecule has 0 aliphatic carbocycles. The number of hydrogen-bond donors (Lipinski definition) is 1. The van der Waals surface area contributed by atoms with Crippen molar-refractivity contribution in [1.82, 2.24) is 9.38 Å². The van der Waals surface area contributed by atoms with Crippen LogP contribution in [0.5, 0.6) is 0 Å². The Morgan fingerprint density at radius 3 is 2.75 bits per heavy atom. The predicted octanol–water partition coefficient (Wildman–Crippen LogP) is 2.20. The van der Waals surface area contributed by atoms with Crippen LogP contribution in [0.25, 0.3) is 5.65 Å². The third kappa shape index (κ3) is 1.65. The zero-order valence-corrected chi connectivity index (χ0v) is 8.49. The minimum atomic E-state index is -4.46. The molecule has 86 valence electrons. The minimum absolute atomic E-state index is 0.0498. The normalized spacial score (nSPS) is 14.3. The van der Waals surface area contributed by atoms with Crippen LogP contribution in [0.1, 0.15) is 17.3 Å². The largest absolute Gasteiger partial charge is 0.409 e. The highest BCUT2D eigenvalue weighted by atomic mass is 19.4. The average Bonchev–Trinajstić information content (AvgIpc) is 2.60. The third-order valence-electron chi connectivity index (χ3n) is 2.43. The van der Waals surface area contributed by atoms with Gasteiger partial charge in [0.15, 0.2) is 0 Å². The molecular formula is C10H10F3N3. The smallest absolute Gasteiger partial charge is 0.315 e. The monoisotopic (exact) mass is 229 g/mol. The minimum Gasteiger partial charge on any atom is -0.315 e. The number of aromatic nitrogens is 2. The van der Waals surface area contributed by atoms with E-state index in [1.165, 1.54) is 16.8 Å². The Morgan fingerprint density at radius 2 is 2.12 bits per heavy atom. The molecule has 2 N–H and O–H groups in total. The van der Waals surface area contributed by atoms with E-state index in [2.05, 4.69) is 4.98 Å². The molecule has 0 aromatic carbocycles. The van der Waals surface area contributed by atoms with Crippen LogP contribution in [0.15, 0.2) is 24.5 Å². The summed E-state index contributed by atoms with van der Waals surface area (Å²) in [4.78, 5) is 3.94. The van der Waals surface area contributed by atoms with Gasteiger partial charge in [0, 0.05) is 6.20 Å². The van der Waals surface area contributed by atoms with Gasteiger partial charge in [0.2, 0.25) is 0 Å². The van der Waals surface area contributed by atoms with E-state index in [4.69, 9.17) is 5.73 Å². The summed E-state index contributed by atoms with van der Waals surface area (Å²) in [6, 6.07) is 1.44. The Balaban J connectivity index is 2.59. The quantitative estimate of drug-likeness (QED) is 0.814. The van der Waals surface area contributed by atoms with Crippen molar-refractivity contribution in [2.24, 2.45) is 5.73 Å². The van der Waals surface area contributed by atoms with E-state index in [0.717, 1.165) is 5.56 Å². The molecule has 16 heavy (non-hydrogen) atoms. The van der Waals surface area contributed by atoms with Gasteiger partial charge in [-0.15, -0.1) is 0 Å². The zero-order chi connectivity index (χ0) is 11.9. The lowest BCUT2D eigenvalue weighted by atomic mass is 10.2. The number of nitrogens with zero attached hydrogens (tertiary/aromatic N) is 2. The summed E-state index contributed by atoms with van der Waals surface area (Å²) in [5, 5.41) is 0. The maximum atomic E-state index is 12.5. The number of alkyl halides is 3. The highest BCUT2D eigenvalue weighted by Gasteiger charge is 2.39. The molecule has 0 spiro atoms. The molecule has 3 nitrogen and oxygen atoms in total. The van der Waals surface area contributed by atoms with Crippen molar-refractivity contribution in [2.45, 2.75) is 19.1 Å². The van der Waals surface area contributed by atoms with Crippen LogP contribution in [-0.4, -0.2) is 15.6 Å². The van der Waals surface area contributed by atoms with Crippen LogP contribution >= 0.6 is 0 Å². The first-order valence-corrected chi connectivity index (χ1v) is 4.66. The summed E-state index contributed by atoms with van der Waals surface area (Å²) < 4.78 is 38.8. The standard InChI is InChI=1S/C10H10F3N3/c1-6-3-2-4-16-7(5-15-9(6)16)8(14)10(11,12)13/h2-5,8H,14H2,1H3/t8-/m0/s1. The number of fused-ring (bicyclic) bond motifs is 1. The lowest BCUT2D eigenvalue weighted by Crippen LogP contribution is -2.29. The zero-order valence-electron chi connectivity index (χ0n) is 8.49. The summed E-state index contributed by atoms with van der Waals surface area (Å²) >= 11 is 0. The van der Waals surface area contributed by atoms with Crippen molar-refractivity contribution in [3.05, 3.63) is 35.8 Å². The summed E-state index contributed by atoms with van der Waals surface area (Å²) in [5.41, 5.74) is 6.40. The second kappa shape index (κ2) is 3.48. The third-order valence-corrected chi connectivity index (χ3v) is 2.43. The molecule has 0 unspecified atom stereocenters. The molecule has 0 saturated carbocycles. The molecule has 2 aromatic heterocycles. The van der Waals surface area contributed by atoms with Gasteiger partial charge in [-0.05, 0) is 18.6 Å². The topological polar surface area (TPSA) is 43.3 Å². The van der Waals surface area contributed by atoms with Gasteiger partial charge in [0.1, 0.15) is 11.7 Å². The Bertz CT molecular complexity index is 515. The van der Waals surface area contributed by atoms with Gasteiger partial charge >= 0.3 is 6.18 Å². The molecule has 2 rings (SSSR count). The molecule has 0 amide bonds. The predicted molar refractivity (Wildman–Crippen MR) is 52.9 cm³/mol. The molecule has 0 bridgehead atoms. The maximum absolute atomic E-state index is 12.5. The number of imidazole rings is 1. The number of rotatable bonds is 1. The number of aryl methyl sites for hydroxylation is 1. The fourth-order valence-corrected chi connectivity index (χ4v) is 1.57.